The molecule has 5 nitrogen and oxygen atoms in total. The van der Waals surface area contributed by atoms with Gasteiger partial charge in [0.05, 0.1) is 18.5 Å². The predicted molar refractivity (Wildman–Crippen MR) is 103 cm³/mol. The quantitative estimate of drug-likeness (QED) is 0.645. The zero-order chi connectivity index (χ0) is 18.4. The number of ether oxygens (including phenoxy) is 2. The topological polar surface area (TPSA) is 59.6 Å². The van der Waals surface area contributed by atoms with E-state index in [1.54, 1.807) is 19.2 Å². The fourth-order valence-corrected chi connectivity index (χ4v) is 2.47. The molecule has 0 spiro atoms. The molecule has 3 aromatic rings. The summed E-state index contributed by atoms with van der Waals surface area (Å²) in [5.41, 5.74) is 2.20. The summed E-state index contributed by atoms with van der Waals surface area (Å²) in [6.45, 7) is 1.95. The van der Waals surface area contributed by atoms with E-state index in [0.717, 1.165) is 5.56 Å². The van der Waals surface area contributed by atoms with Crippen molar-refractivity contribution in [3.63, 3.8) is 0 Å². The molecule has 3 aromatic carbocycles. The average molecular weight is 348 g/mol. The molecule has 0 fully saturated rings. The second-order valence-electron chi connectivity index (χ2n) is 5.69. The normalized spacial score (nSPS) is 10.1. The molecule has 3 rings (SSSR count). The molecule has 0 saturated carbocycles. The minimum atomic E-state index is -0.377. The highest BCUT2D eigenvalue weighted by molar-refractivity contribution is 6.01. The minimum absolute atomic E-state index is 0.377. The Kier molecular flexibility index (Phi) is 5.39. The van der Waals surface area contributed by atoms with Gasteiger partial charge in [-0.3, -0.25) is 0 Å². The number of hydrogen-bond donors (Lipinski definition) is 2. The molecule has 0 aromatic heterocycles. The number of methoxy groups -OCH3 is 1. The van der Waals surface area contributed by atoms with Gasteiger partial charge >= 0.3 is 6.03 Å². The van der Waals surface area contributed by atoms with E-state index in [1.807, 2.05) is 67.6 Å². The second kappa shape index (κ2) is 8.07. The van der Waals surface area contributed by atoms with Crippen LogP contribution in [0.15, 0.2) is 72.8 Å². The summed E-state index contributed by atoms with van der Waals surface area (Å²) in [5.74, 6) is 1.85. The van der Waals surface area contributed by atoms with Crippen LogP contribution < -0.4 is 20.1 Å². The third kappa shape index (κ3) is 4.33. The van der Waals surface area contributed by atoms with Gasteiger partial charge < -0.3 is 20.1 Å². The number of nitrogens with one attached hydrogen (secondary N) is 2. The number of rotatable bonds is 5. The van der Waals surface area contributed by atoms with Crippen LogP contribution in [-0.4, -0.2) is 13.1 Å². The number of hydrogen-bond acceptors (Lipinski definition) is 3. The van der Waals surface area contributed by atoms with Crippen molar-refractivity contribution in [3.8, 4) is 17.2 Å². The summed E-state index contributed by atoms with van der Waals surface area (Å²) in [6, 6.07) is 21.9. The Morgan fingerprint density at radius 2 is 1.50 bits per heavy atom. The number of amides is 2. The van der Waals surface area contributed by atoms with Crippen LogP contribution in [0.2, 0.25) is 0 Å². The van der Waals surface area contributed by atoms with Crippen molar-refractivity contribution < 1.29 is 14.3 Å². The number of benzene rings is 3. The fraction of sp³-hybridized carbons (Fsp3) is 0.0952. The predicted octanol–water partition coefficient (Wildman–Crippen LogP) is 5.44. The number of urea groups is 1. The number of carbonyl (C=O) groups excluding carboxylic acids is 1. The molecule has 0 bridgehead atoms. The summed E-state index contributed by atoms with van der Waals surface area (Å²) in [7, 11) is 1.57. The van der Waals surface area contributed by atoms with Crippen molar-refractivity contribution >= 4 is 17.4 Å². The zero-order valence-electron chi connectivity index (χ0n) is 14.7. The van der Waals surface area contributed by atoms with E-state index < -0.39 is 0 Å². The van der Waals surface area contributed by atoms with Crippen molar-refractivity contribution in [2.24, 2.45) is 0 Å². The van der Waals surface area contributed by atoms with Crippen LogP contribution in [-0.2, 0) is 0 Å². The van der Waals surface area contributed by atoms with Crippen LogP contribution in [0.5, 0.6) is 17.2 Å². The van der Waals surface area contributed by atoms with Crippen molar-refractivity contribution in [1.82, 2.24) is 0 Å². The zero-order valence-corrected chi connectivity index (χ0v) is 14.7. The van der Waals surface area contributed by atoms with Gasteiger partial charge in [-0.15, -0.1) is 0 Å². The smallest absolute Gasteiger partial charge is 0.323 e. The van der Waals surface area contributed by atoms with E-state index in [1.165, 1.54) is 0 Å². The molecule has 2 amide bonds. The molecule has 0 aliphatic carbocycles. The Hall–Kier alpha value is -3.47. The van der Waals surface area contributed by atoms with Crippen LogP contribution in [0.1, 0.15) is 5.56 Å². The SMILES string of the molecule is COc1ccc(C)cc1NC(=O)Nc1ccccc1Oc1ccccc1. The highest BCUT2D eigenvalue weighted by Gasteiger charge is 2.11. The molecule has 0 radical (unpaired) electrons. The maximum Gasteiger partial charge on any atom is 0.323 e. The summed E-state index contributed by atoms with van der Waals surface area (Å²) < 4.78 is 11.1. The van der Waals surface area contributed by atoms with Gasteiger partial charge in [-0.05, 0) is 48.9 Å². The van der Waals surface area contributed by atoms with Gasteiger partial charge in [0.15, 0.2) is 5.75 Å². The number of para-hydroxylation sites is 3. The van der Waals surface area contributed by atoms with E-state index in [0.29, 0.717) is 28.6 Å². The summed E-state index contributed by atoms with van der Waals surface area (Å²) in [5, 5.41) is 5.63. The first-order valence-corrected chi connectivity index (χ1v) is 8.20. The maximum atomic E-state index is 12.4. The molecule has 0 saturated heterocycles. The summed E-state index contributed by atoms with van der Waals surface area (Å²) >= 11 is 0. The lowest BCUT2D eigenvalue weighted by Crippen LogP contribution is -2.20. The van der Waals surface area contributed by atoms with Crippen molar-refractivity contribution in [2.75, 3.05) is 17.7 Å². The van der Waals surface area contributed by atoms with Gasteiger partial charge in [0.1, 0.15) is 11.5 Å². The van der Waals surface area contributed by atoms with Crippen molar-refractivity contribution in [1.29, 1.82) is 0 Å². The van der Waals surface area contributed by atoms with Gasteiger partial charge in [-0.2, -0.15) is 0 Å². The first-order valence-electron chi connectivity index (χ1n) is 8.20. The molecule has 0 unspecified atom stereocenters. The fourth-order valence-electron chi connectivity index (χ4n) is 2.47. The third-order valence-electron chi connectivity index (χ3n) is 3.71. The molecular formula is C21H20N2O3. The summed E-state index contributed by atoms with van der Waals surface area (Å²) in [6.07, 6.45) is 0. The molecule has 5 heteroatoms. The maximum absolute atomic E-state index is 12.4. The summed E-state index contributed by atoms with van der Waals surface area (Å²) in [4.78, 5) is 12.4. The van der Waals surface area contributed by atoms with Gasteiger partial charge in [0, 0.05) is 0 Å². The van der Waals surface area contributed by atoms with Gasteiger partial charge in [-0.25, -0.2) is 4.79 Å². The molecule has 0 aliphatic heterocycles. The first-order chi connectivity index (χ1) is 12.7. The Labute approximate surface area is 152 Å². The van der Waals surface area contributed by atoms with Crippen LogP contribution in [0, 0.1) is 6.92 Å². The lowest BCUT2D eigenvalue weighted by Gasteiger charge is -2.14. The highest BCUT2D eigenvalue weighted by Crippen LogP contribution is 2.30. The molecule has 2 N–H and O–H groups in total. The lowest BCUT2D eigenvalue weighted by atomic mass is 10.2. The van der Waals surface area contributed by atoms with Crippen LogP contribution in [0.25, 0.3) is 0 Å². The number of carbonyl (C=O) groups is 1. The van der Waals surface area contributed by atoms with E-state index in [2.05, 4.69) is 10.6 Å². The van der Waals surface area contributed by atoms with E-state index in [-0.39, 0.29) is 6.03 Å². The Morgan fingerprint density at radius 1 is 0.808 bits per heavy atom. The van der Waals surface area contributed by atoms with Crippen LogP contribution in [0.4, 0.5) is 16.2 Å². The van der Waals surface area contributed by atoms with Crippen molar-refractivity contribution in [3.05, 3.63) is 78.4 Å². The molecule has 26 heavy (non-hydrogen) atoms. The highest BCUT2D eigenvalue weighted by atomic mass is 16.5. The van der Waals surface area contributed by atoms with E-state index in [9.17, 15) is 4.79 Å². The minimum Gasteiger partial charge on any atom is -0.495 e. The average Bonchev–Trinajstić information content (AvgIpc) is 2.64. The first kappa shape index (κ1) is 17.4. The Morgan fingerprint density at radius 3 is 2.27 bits per heavy atom. The van der Waals surface area contributed by atoms with Gasteiger partial charge in [0.2, 0.25) is 0 Å². The lowest BCUT2D eigenvalue weighted by molar-refractivity contribution is 0.262. The molecule has 132 valence electrons. The second-order valence-corrected chi connectivity index (χ2v) is 5.69. The Balaban J connectivity index is 1.75. The van der Waals surface area contributed by atoms with Crippen molar-refractivity contribution in [2.45, 2.75) is 6.92 Å². The number of anilines is 2. The van der Waals surface area contributed by atoms with E-state index >= 15 is 0 Å². The van der Waals surface area contributed by atoms with E-state index in [4.69, 9.17) is 9.47 Å². The molecular weight excluding hydrogens is 328 g/mol. The third-order valence-corrected chi connectivity index (χ3v) is 3.71. The molecule has 0 heterocycles. The van der Waals surface area contributed by atoms with Gasteiger partial charge in [-0.1, -0.05) is 36.4 Å². The largest absolute Gasteiger partial charge is 0.495 e. The molecule has 0 aliphatic rings. The molecule has 0 atom stereocenters. The van der Waals surface area contributed by atoms with Crippen LogP contribution in [0.3, 0.4) is 0 Å². The van der Waals surface area contributed by atoms with Crippen LogP contribution >= 0.6 is 0 Å². The standard InChI is InChI=1S/C21H20N2O3/c1-15-12-13-19(25-2)18(14-15)23-21(24)22-17-10-6-7-11-20(17)26-16-8-4-3-5-9-16/h3-14H,1-2H3,(H2,22,23,24). The Bertz CT molecular complexity index is 895. The van der Waals surface area contributed by atoms with Gasteiger partial charge in [0.25, 0.3) is 0 Å². The number of aryl methyl sites for hydroxylation is 1. The monoisotopic (exact) mass is 348 g/mol.